The minimum atomic E-state index is 0.511. The van der Waals surface area contributed by atoms with Crippen LogP contribution in [0.1, 0.15) is 26.7 Å². The molecule has 0 amide bonds. The zero-order valence-corrected chi connectivity index (χ0v) is 12.3. The fourth-order valence-corrected chi connectivity index (χ4v) is 2.76. The summed E-state index contributed by atoms with van der Waals surface area (Å²) in [6.45, 7) is 5.58. The lowest BCUT2D eigenvalue weighted by molar-refractivity contribution is 0.354. The highest BCUT2D eigenvalue weighted by Crippen LogP contribution is 2.39. The van der Waals surface area contributed by atoms with Crippen molar-refractivity contribution in [2.45, 2.75) is 32.7 Å². The molecule has 0 radical (unpaired) electrons. The van der Waals surface area contributed by atoms with Crippen LogP contribution in [-0.2, 0) is 0 Å². The molecule has 1 aliphatic heterocycles. The summed E-state index contributed by atoms with van der Waals surface area (Å²) in [6, 6.07) is 4.35. The van der Waals surface area contributed by atoms with Crippen molar-refractivity contribution >= 4 is 11.4 Å². The molecule has 0 bridgehead atoms. The van der Waals surface area contributed by atoms with Crippen molar-refractivity contribution in [2.75, 3.05) is 31.4 Å². The zero-order chi connectivity index (χ0) is 14.0. The molecule has 1 aliphatic rings. The Bertz CT molecular complexity index is 448. The molecule has 19 heavy (non-hydrogen) atoms. The molecule has 1 aromatic rings. The second kappa shape index (κ2) is 5.59. The van der Waals surface area contributed by atoms with Crippen molar-refractivity contribution in [1.29, 1.82) is 0 Å². The van der Waals surface area contributed by atoms with E-state index in [4.69, 9.17) is 15.2 Å². The Morgan fingerprint density at radius 1 is 1.11 bits per heavy atom. The van der Waals surface area contributed by atoms with E-state index in [0.29, 0.717) is 17.7 Å². The van der Waals surface area contributed by atoms with Crippen LogP contribution in [0, 0.1) is 5.92 Å². The minimum Gasteiger partial charge on any atom is -0.493 e. The number of ether oxygens (including phenoxy) is 2. The van der Waals surface area contributed by atoms with Crippen LogP contribution in [0.5, 0.6) is 11.5 Å². The molecule has 2 N–H and O–H groups in total. The molecule has 0 aliphatic carbocycles. The number of hydrogen-bond acceptors (Lipinski definition) is 4. The number of methoxy groups -OCH3 is 2. The lowest BCUT2D eigenvalue weighted by Crippen LogP contribution is -2.41. The van der Waals surface area contributed by atoms with E-state index in [-0.39, 0.29) is 0 Å². The van der Waals surface area contributed by atoms with Gasteiger partial charge >= 0.3 is 0 Å². The maximum absolute atomic E-state index is 6.18. The Morgan fingerprint density at radius 3 is 2.37 bits per heavy atom. The quantitative estimate of drug-likeness (QED) is 0.853. The van der Waals surface area contributed by atoms with Gasteiger partial charge in [0.25, 0.3) is 0 Å². The molecule has 4 heteroatoms. The van der Waals surface area contributed by atoms with Crippen LogP contribution in [0.4, 0.5) is 11.4 Å². The smallest absolute Gasteiger partial charge is 0.162 e. The van der Waals surface area contributed by atoms with Crippen LogP contribution < -0.4 is 20.1 Å². The highest BCUT2D eigenvalue weighted by atomic mass is 16.5. The summed E-state index contributed by atoms with van der Waals surface area (Å²) >= 11 is 0. The van der Waals surface area contributed by atoms with E-state index in [9.17, 15) is 0 Å². The van der Waals surface area contributed by atoms with Gasteiger partial charge in [-0.25, -0.2) is 0 Å². The number of anilines is 2. The molecule has 1 fully saturated rings. The van der Waals surface area contributed by atoms with Gasteiger partial charge in [-0.15, -0.1) is 0 Å². The minimum absolute atomic E-state index is 0.511. The van der Waals surface area contributed by atoms with E-state index in [1.165, 1.54) is 12.8 Å². The summed E-state index contributed by atoms with van der Waals surface area (Å²) in [5.74, 6) is 2.11. The standard InChI is InChI=1S/C15H24N2O2/c1-10-5-6-11(2)17(9-10)13-8-15(19-4)14(18-3)7-12(13)16/h7-8,10-11H,5-6,9,16H2,1-4H3. The summed E-state index contributed by atoms with van der Waals surface area (Å²) in [5.41, 5.74) is 7.98. The van der Waals surface area contributed by atoms with Crippen molar-refractivity contribution < 1.29 is 9.47 Å². The van der Waals surface area contributed by atoms with Gasteiger partial charge in [-0.2, -0.15) is 0 Å². The first-order chi connectivity index (χ1) is 9.06. The van der Waals surface area contributed by atoms with Crippen molar-refractivity contribution in [3.05, 3.63) is 12.1 Å². The molecule has 106 valence electrons. The second-order valence-corrected chi connectivity index (χ2v) is 5.45. The Labute approximate surface area is 115 Å². The number of benzene rings is 1. The monoisotopic (exact) mass is 264 g/mol. The average molecular weight is 264 g/mol. The van der Waals surface area contributed by atoms with E-state index in [1.807, 2.05) is 12.1 Å². The molecule has 0 aromatic heterocycles. The molecule has 2 unspecified atom stereocenters. The molecule has 0 spiro atoms. The van der Waals surface area contributed by atoms with Crippen LogP contribution in [-0.4, -0.2) is 26.8 Å². The molecule has 1 aromatic carbocycles. The third-order valence-electron chi connectivity index (χ3n) is 3.96. The highest BCUT2D eigenvalue weighted by molar-refractivity contribution is 5.73. The van der Waals surface area contributed by atoms with E-state index in [2.05, 4.69) is 18.7 Å². The van der Waals surface area contributed by atoms with Gasteiger partial charge in [0.1, 0.15) is 0 Å². The van der Waals surface area contributed by atoms with Gasteiger partial charge in [0.2, 0.25) is 0 Å². The summed E-state index contributed by atoms with van der Waals surface area (Å²) in [7, 11) is 3.28. The van der Waals surface area contributed by atoms with Crippen LogP contribution >= 0.6 is 0 Å². The van der Waals surface area contributed by atoms with Crippen LogP contribution in [0.3, 0.4) is 0 Å². The first-order valence-corrected chi connectivity index (χ1v) is 6.85. The number of piperidine rings is 1. The van der Waals surface area contributed by atoms with Gasteiger partial charge in [0.15, 0.2) is 11.5 Å². The van der Waals surface area contributed by atoms with Crippen molar-refractivity contribution in [3.63, 3.8) is 0 Å². The predicted octanol–water partition coefficient (Wildman–Crippen LogP) is 2.91. The molecule has 0 saturated carbocycles. The van der Waals surface area contributed by atoms with Crippen LogP contribution in [0.25, 0.3) is 0 Å². The lowest BCUT2D eigenvalue weighted by Gasteiger charge is -2.39. The molecule has 1 heterocycles. The number of rotatable bonds is 3. The molecular weight excluding hydrogens is 240 g/mol. The topological polar surface area (TPSA) is 47.7 Å². The molecule has 2 rings (SSSR count). The normalized spacial score (nSPS) is 23.3. The molecule has 4 nitrogen and oxygen atoms in total. The Balaban J connectivity index is 2.38. The maximum Gasteiger partial charge on any atom is 0.162 e. The third-order valence-corrected chi connectivity index (χ3v) is 3.96. The van der Waals surface area contributed by atoms with Crippen molar-refractivity contribution in [2.24, 2.45) is 5.92 Å². The van der Waals surface area contributed by atoms with Gasteiger partial charge in [0, 0.05) is 24.7 Å². The van der Waals surface area contributed by atoms with E-state index in [0.717, 1.165) is 23.7 Å². The van der Waals surface area contributed by atoms with Gasteiger partial charge in [0.05, 0.1) is 25.6 Å². The van der Waals surface area contributed by atoms with E-state index < -0.39 is 0 Å². The van der Waals surface area contributed by atoms with Crippen LogP contribution in [0.2, 0.25) is 0 Å². The largest absolute Gasteiger partial charge is 0.493 e. The fourth-order valence-electron chi connectivity index (χ4n) is 2.76. The first kappa shape index (κ1) is 13.8. The number of nitrogens with zero attached hydrogens (tertiary/aromatic N) is 1. The van der Waals surface area contributed by atoms with E-state index in [1.54, 1.807) is 14.2 Å². The Morgan fingerprint density at radius 2 is 1.74 bits per heavy atom. The molecular formula is C15H24N2O2. The van der Waals surface area contributed by atoms with Gasteiger partial charge in [-0.1, -0.05) is 6.92 Å². The number of hydrogen-bond donors (Lipinski definition) is 1. The van der Waals surface area contributed by atoms with Crippen molar-refractivity contribution in [3.8, 4) is 11.5 Å². The lowest BCUT2D eigenvalue weighted by atomic mass is 9.94. The third kappa shape index (κ3) is 2.72. The zero-order valence-electron chi connectivity index (χ0n) is 12.3. The maximum atomic E-state index is 6.18. The average Bonchev–Trinajstić information content (AvgIpc) is 2.41. The van der Waals surface area contributed by atoms with Gasteiger partial charge < -0.3 is 20.1 Å². The second-order valence-electron chi connectivity index (χ2n) is 5.45. The number of nitrogens with two attached hydrogens (primary N) is 1. The summed E-state index contributed by atoms with van der Waals surface area (Å²) in [5, 5.41) is 0. The fraction of sp³-hybridized carbons (Fsp3) is 0.600. The molecule has 2 atom stereocenters. The number of nitrogen functional groups attached to an aromatic ring is 1. The Hall–Kier alpha value is -1.58. The van der Waals surface area contributed by atoms with Gasteiger partial charge in [-0.3, -0.25) is 0 Å². The van der Waals surface area contributed by atoms with E-state index >= 15 is 0 Å². The first-order valence-electron chi connectivity index (χ1n) is 6.85. The summed E-state index contributed by atoms with van der Waals surface area (Å²) in [6.07, 6.45) is 2.49. The van der Waals surface area contributed by atoms with Crippen molar-refractivity contribution in [1.82, 2.24) is 0 Å². The predicted molar refractivity (Wildman–Crippen MR) is 79.2 cm³/mol. The molecule has 1 saturated heterocycles. The van der Waals surface area contributed by atoms with Crippen LogP contribution in [0.15, 0.2) is 12.1 Å². The Kier molecular flexibility index (Phi) is 4.08. The summed E-state index contributed by atoms with van der Waals surface area (Å²) < 4.78 is 10.7. The SMILES string of the molecule is COc1cc(N)c(N2CC(C)CCC2C)cc1OC. The highest BCUT2D eigenvalue weighted by Gasteiger charge is 2.25. The summed E-state index contributed by atoms with van der Waals surface area (Å²) in [4.78, 5) is 2.38. The van der Waals surface area contributed by atoms with Gasteiger partial charge in [-0.05, 0) is 25.7 Å².